The van der Waals surface area contributed by atoms with E-state index in [9.17, 15) is 14.9 Å². The average molecular weight is 258 g/mol. The van der Waals surface area contributed by atoms with Crippen LogP contribution in [0, 0.1) is 22.2 Å². The summed E-state index contributed by atoms with van der Waals surface area (Å²) in [4.78, 5) is 24.8. The molecule has 19 heavy (non-hydrogen) atoms. The number of nitriles is 1. The number of carbonyl (C=O) groups excluding carboxylic acids is 2. The van der Waals surface area contributed by atoms with Gasteiger partial charge >= 0.3 is 0 Å². The third-order valence-corrected chi connectivity index (χ3v) is 4.59. The van der Waals surface area contributed by atoms with Gasteiger partial charge in [0.1, 0.15) is 11.9 Å². The fourth-order valence-electron chi connectivity index (χ4n) is 3.59. The van der Waals surface area contributed by atoms with Crippen molar-refractivity contribution in [2.75, 3.05) is 0 Å². The maximum atomic E-state index is 12.4. The number of nitrogens with zero attached hydrogens (tertiary/aromatic N) is 1. The van der Waals surface area contributed by atoms with Crippen LogP contribution in [0.1, 0.15) is 26.2 Å². The van der Waals surface area contributed by atoms with Crippen LogP contribution in [0.2, 0.25) is 0 Å². The van der Waals surface area contributed by atoms with E-state index in [-0.39, 0.29) is 11.4 Å². The molecule has 0 bridgehead atoms. The van der Waals surface area contributed by atoms with E-state index in [0.717, 1.165) is 18.5 Å². The van der Waals surface area contributed by atoms with Gasteiger partial charge in [0.25, 0.3) is 0 Å². The number of hydrogen-bond donors (Lipinski definition) is 3. The molecule has 2 aliphatic heterocycles. The molecule has 2 unspecified atom stereocenters. The molecule has 1 saturated heterocycles. The van der Waals surface area contributed by atoms with Crippen molar-refractivity contribution in [3.63, 3.8) is 0 Å². The number of rotatable bonds is 0. The largest absolute Gasteiger partial charge is 0.384 e. The van der Waals surface area contributed by atoms with E-state index >= 15 is 0 Å². The molecule has 0 radical (unpaired) electrons. The van der Waals surface area contributed by atoms with Gasteiger partial charge in [-0.3, -0.25) is 9.59 Å². The highest BCUT2D eigenvalue weighted by Gasteiger charge is 2.70. The lowest BCUT2D eigenvalue weighted by atomic mass is 9.58. The van der Waals surface area contributed by atoms with Gasteiger partial charge in [-0.25, -0.2) is 0 Å². The van der Waals surface area contributed by atoms with E-state index in [2.05, 4.69) is 10.6 Å². The lowest BCUT2D eigenvalue weighted by Gasteiger charge is -2.38. The first-order valence-corrected chi connectivity index (χ1v) is 6.22. The molecule has 1 spiro atoms. The van der Waals surface area contributed by atoms with Crippen LogP contribution in [0.4, 0.5) is 0 Å². The van der Waals surface area contributed by atoms with Gasteiger partial charge in [-0.2, -0.15) is 5.26 Å². The molecule has 2 atom stereocenters. The lowest BCUT2D eigenvalue weighted by Crippen LogP contribution is -2.49. The molecule has 3 rings (SSSR count). The Labute approximate surface area is 110 Å². The van der Waals surface area contributed by atoms with Crippen molar-refractivity contribution in [2.24, 2.45) is 16.6 Å². The summed E-state index contributed by atoms with van der Waals surface area (Å²) in [6.45, 7) is 1.85. The normalized spacial score (nSPS) is 36.7. The van der Waals surface area contributed by atoms with E-state index in [1.807, 2.05) is 19.1 Å². The average Bonchev–Trinajstić information content (AvgIpc) is 2.75. The van der Waals surface area contributed by atoms with Gasteiger partial charge in [0.15, 0.2) is 5.41 Å². The smallest absolute Gasteiger partial charge is 0.247 e. The molecule has 6 nitrogen and oxygen atoms in total. The number of allylic oxidation sites excluding steroid dienone is 2. The number of amides is 2. The molecule has 3 aliphatic rings. The Hall–Kier alpha value is -2.29. The second-order valence-corrected chi connectivity index (χ2v) is 5.40. The summed E-state index contributed by atoms with van der Waals surface area (Å²) in [6, 6.07) is 1.95. The molecular weight excluding hydrogens is 244 g/mol. The summed E-state index contributed by atoms with van der Waals surface area (Å²) < 4.78 is 0. The molecule has 4 N–H and O–H groups in total. The summed E-state index contributed by atoms with van der Waals surface area (Å²) >= 11 is 0. The predicted octanol–water partition coefficient (Wildman–Crippen LogP) is 0.000380. The predicted molar refractivity (Wildman–Crippen MR) is 65.6 cm³/mol. The van der Waals surface area contributed by atoms with Crippen molar-refractivity contribution in [2.45, 2.75) is 26.2 Å². The van der Waals surface area contributed by atoms with Gasteiger partial charge < -0.3 is 16.4 Å². The van der Waals surface area contributed by atoms with Crippen molar-refractivity contribution in [1.29, 1.82) is 5.26 Å². The van der Waals surface area contributed by atoms with Crippen LogP contribution < -0.4 is 16.4 Å². The van der Waals surface area contributed by atoms with Gasteiger partial charge in [-0.15, -0.1) is 0 Å². The Morgan fingerprint density at radius 1 is 1.37 bits per heavy atom. The number of fused-ring (bicyclic) bond motifs is 2. The van der Waals surface area contributed by atoms with Crippen molar-refractivity contribution < 1.29 is 9.59 Å². The summed E-state index contributed by atoms with van der Waals surface area (Å²) in [7, 11) is 0. The Kier molecular flexibility index (Phi) is 2.10. The molecule has 2 heterocycles. The second-order valence-electron chi connectivity index (χ2n) is 5.40. The minimum atomic E-state index is -1.50. The third-order valence-electron chi connectivity index (χ3n) is 4.59. The van der Waals surface area contributed by atoms with Crippen LogP contribution in [0.25, 0.3) is 0 Å². The summed E-state index contributed by atoms with van der Waals surface area (Å²) in [5, 5.41) is 14.5. The third kappa shape index (κ3) is 1.06. The topological polar surface area (TPSA) is 108 Å². The monoisotopic (exact) mass is 258 g/mol. The Bertz CT molecular complexity index is 613. The SMILES string of the molecule is CC12CCCC=C1NC(=O)C21C(=O)NC(N)=C1C#N. The summed E-state index contributed by atoms with van der Waals surface area (Å²) in [5.74, 6) is -0.944. The molecule has 98 valence electrons. The van der Waals surface area contributed by atoms with Crippen LogP contribution in [0.15, 0.2) is 23.2 Å². The van der Waals surface area contributed by atoms with E-state index in [4.69, 9.17) is 5.73 Å². The highest BCUT2D eigenvalue weighted by molar-refractivity contribution is 6.15. The summed E-state index contributed by atoms with van der Waals surface area (Å²) in [5.41, 5.74) is 4.27. The standard InChI is InChI=1S/C13H14N4O2/c1-12-5-3-2-4-8(12)16-10(18)13(12)7(6-14)9(15)17-11(13)19/h4H,2-3,5,15H2,1H3,(H,16,18)(H,17,19). The van der Waals surface area contributed by atoms with Crippen LogP contribution >= 0.6 is 0 Å². The maximum absolute atomic E-state index is 12.4. The van der Waals surface area contributed by atoms with Gasteiger partial charge in [0.05, 0.1) is 5.57 Å². The summed E-state index contributed by atoms with van der Waals surface area (Å²) in [6.07, 6.45) is 4.35. The first-order valence-electron chi connectivity index (χ1n) is 6.22. The van der Waals surface area contributed by atoms with Gasteiger partial charge in [0, 0.05) is 11.1 Å². The van der Waals surface area contributed by atoms with Crippen molar-refractivity contribution in [3.8, 4) is 6.07 Å². The highest BCUT2D eigenvalue weighted by atomic mass is 16.2. The first-order chi connectivity index (χ1) is 8.98. The zero-order valence-corrected chi connectivity index (χ0v) is 10.5. The first kappa shape index (κ1) is 11.8. The zero-order chi connectivity index (χ0) is 13.8. The van der Waals surface area contributed by atoms with Gasteiger partial charge in [-0.1, -0.05) is 13.0 Å². The number of nitrogens with two attached hydrogens (primary N) is 1. The molecule has 1 aliphatic carbocycles. The van der Waals surface area contributed by atoms with Gasteiger partial charge in [0.2, 0.25) is 11.8 Å². The molecule has 0 aromatic heterocycles. The van der Waals surface area contributed by atoms with Crippen LogP contribution in [0.5, 0.6) is 0 Å². The number of nitrogens with one attached hydrogen (secondary N) is 2. The van der Waals surface area contributed by atoms with E-state index in [1.54, 1.807) is 0 Å². The van der Waals surface area contributed by atoms with E-state index in [1.165, 1.54) is 0 Å². The maximum Gasteiger partial charge on any atom is 0.247 e. The Morgan fingerprint density at radius 2 is 2.05 bits per heavy atom. The van der Waals surface area contributed by atoms with E-state index in [0.29, 0.717) is 6.42 Å². The lowest BCUT2D eigenvalue weighted by molar-refractivity contribution is -0.141. The minimum Gasteiger partial charge on any atom is -0.384 e. The van der Waals surface area contributed by atoms with Crippen molar-refractivity contribution in [1.82, 2.24) is 10.6 Å². The molecule has 6 heteroatoms. The van der Waals surface area contributed by atoms with Crippen molar-refractivity contribution >= 4 is 11.8 Å². The molecule has 1 fully saturated rings. The van der Waals surface area contributed by atoms with Crippen LogP contribution in [-0.4, -0.2) is 11.8 Å². The highest BCUT2D eigenvalue weighted by Crippen LogP contribution is 2.59. The second kappa shape index (κ2) is 3.38. The van der Waals surface area contributed by atoms with Gasteiger partial charge in [-0.05, 0) is 19.3 Å². The molecule has 2 amide bonds. The fraction of sp³-hybridized carbons (Fsp3) is 0.462. The zero-order valence-electron chi connectivity index (χ0n) is 10.5. The number of carbonyl (C=O) groups is 2. The Balaban J connectivity index is 2.32. The molecule has 0 aromatic carbocycles. The van der Waals surface area contributed by atoms with Crippen LogP contribution in [0.3, 0.4) is 0 Å². The molecule has 0 saturated carbocycles. The Morgan fingerprint density at radius 3 is 2.74 bits per heavy atom. The van der Waals surface area contributed by atoms with Crippen LogP contribution in [-0.2, 0) is 9.59 Å². The molecule has 0 aromatic rings. The number of hydrogen-bond acceptors (Lipinski definition) is 4. The minimum absolute atomic E-state index is 0.00398. The van der Waals surface area contributed by atoms with Crippen molar-refractivity contribution in [3.05, 3.63) is 23.2 Å². The molecular formula is C13H14N4O2. The fourth-order valence-corrected chi connectivity index (χ4v) is 3.59. The van der Waals surface area contributed by atoms with E-state index < -0.39 is 22.6 Å². The quantitative estimate of drug-likeness (QED) is 0.531.